The Morgan fingerprint density at radius 2 is 1.69 bits per heavy atom. The Morgan fingerprint density at radius 1 is 1.00 bits per heavy atom. The monoisotopic (exact) mass is 415 g/mol. The molecule has 0 spiro atoms. The molecule has 3 N–H and O–H groups in total. The number of hydrogen-bond donors (Lipinski definition) is 3. The van der Waals surface area contributed by atoms with Crippen LogP contribution in [0.25, 0.3) is 0 Å². The third kappa shape index (κ3) is 7.50. The number of para-hydroxylation sites is 1. The van der Waals surface area contributed by atoms with Crippen molar-refractivity contribution in [2.75, 3.05) is 18.6 Å². The maximum absolute atomic E-state index is 12.5. The summed E-state index contributed by atoms with van der Waals surface area (Å²) >= 11 is 1.56. The van der Waals surface area contributed by atoms with E-state index >= 15 is 0 Å². The molecule has 0 saturated carbocycles. The lowest BCUT2D eigenvalue weighted by molar-refractivity contribution is -0.130. The number of rotatable bonds is 9. The Bertz CT molecular complexity index is 830. The second-order valence-electron chi connectivity index (χ2n) is 6.26. The molecule has 3 amide bonds. The minimum atomic E-state index is -0.786. The smallest absolute Gasteiger partial charge is 0.269 e. The van der Waals surface area contributed by atoms with Crippen LogP contribution in [0.3, 0.4) is 0 Å². The molecule has 2 rings (SSSR count). The summed E-state index contributed by atoms with van der Waals surface area (Å²) in [5, 5.41) is 2.66. The lowest BCUT2D eigenvalue weighted by Gasteiger charge is -2.19. The van der Waals surface area contributed by atoms with Crippen molar-refractivity contribution in [1.29, 1.82) is 0 Å². The number of carbonyl (C=O) groups is 3. The van der Waals surface area contributed by atoms with Crippen LogP contribution in [0.5, 0.6) is 5.75 Å². The van der Waals surface area contributed by atoms with Gasteiger partial charge in [0.15, 0.2) is 6.61 Å². The number of hydrazine groups is 1. The number of amides is 3. The lowest BCUT2D eigenvalue weighted by Crippen LogP contribution is -2.53. The third-order valence-electron chi connectivity index (χ3n) is 4.06. The highest BCUT2D eigenvalue weighted by atomic mass is 32.2. The Labute approximate surface area is 174 Å². The van der Waals surface area contributed by atoms with E-state index in [0.717, 1.165) is 5.56 Å². The first kappa shape index (κ1) is 22.3. The van der Waals surface area contributed by atoms with Crippen molar-refractivity contribution in [3.05, 3.63) is 65.7 Å². The van der Waals surface area contributed by atoms with Crippen LogP contribution < -0.4 is 20.9 Å². The van der Waals surface area contributed by atoms with E-state index in [1.807, 2.05) is 31.4 Å². The van der Waals surface area contributed by atoms with Gasteiger partial charge in [-0.25, -0.2) is 0 Å². The molecule has 0 fully saturated rings. The Morgan fingerprint density at radius 3 is 2.38 bits per heavy atom. The molecule has 2 aromatic carbocycles. The average molecular weight is 416 g/mol. The first-order chi connectivity index (χ1) is 14.0. The van der Waals surface area contributed by atoms with Crippen LogP contribution in [0.15, 0.2) is 54.6 Å². The fourth-order valence-corrected chi connectivity index (χ4v) is 2.98. The predicted molar refractivity (Wildman–Crippen MR) is 114 cm³/mol. The van der Waals surface area contributed by atoms with E-state index in [4.69, 9.17) is 4.74 Å². The van der Waals surface area contributed by atoms with Crippen LogP contribution >= 0.6 is 11.8 Å². The molecule has 0 radical (unpaired) electrons. The number of ether oxygens (including phenoxy) is 1. The quantitative estimate of drug-likeness (QED) is 0.545. The molecule has 0 bridgehead atoms. The van der Waals surface area contributed by atoms with Gasteiger partial charge >= 0.3 is 0 Å². The van der Waals surface area contributed by atoms with Gasteiger partial charge in [0, 0.05) is 5.56 Å². The molecule has 2 aromatic rings. The van der Waals surface area contributed by atoms with Crippen LogP contribution in [0.2, 0.25) is 0 Å². The van der Waals surface area contributed by atoms with E-state index < -0.39 is 23.8 Å². The molecule has 1 atom stereocenters. The standard InChI is InChI=1S/C21H25N3O4S/c1-15-8-6-7-11-17(15)20(26)23-24-21(27)18(12-13-29-2)22-19(25)14-28-16-9-4-3-5-10-16/h3-11,18H,12-14H2,1-2H3,(H,22,25)(H,23,26)(H,24,27). The summed E-state index contributed by atoms with van der Waals surface area (Å²) in [5.74, 6) is -0.0876. The van der Waals surface area contributed by atoms with Crippen molar-refractivity contribution in [3.8, 4) is 5.75 Å². The summed E-state index contributed by atoms with van der Waals surface area (Å²) < 4.78 is 5.40. The van der Waals surface area contributed by atoms with E-state index in [-0.39, 0.29) is 6.61 Å². The van der Waals surface area contributed by atoms with Gasteiger partial charge in [0.2, 0.25) is 0 Å². The SMILES string of the molecule is CSCCC(NC(=O)COc1ccccc1)C(=O)NNC(=O)c1ccccc1C. The van der Waals surface area contributed by atoms with Crippen LogP contribution in [0.1, 0.15) is 22.3 Å². The second-order valence-corrected chi connectivity index (χ2v) is 7.25. The summed E-state index contributed by atoms with van der Waals surface area (Å²) in [4.78, 5) is 36.9. The minimum Gasteiger partial charge on any atom is -0.484 e. The van der Waals surface area contributed by atoms with Gasteiger partial charge in [-0.1, -0.05) is 36.4 Å². The summed E-state index contributed by atoms with van der Waals surface area (Å²) in [6, 6.07) is 15.2. The van der Waals surface area contributed by atoms with E-state index in [1.165, 1.54) is 0 Å². The van der Waals surface area contributed by atoms with Crippen LogP contribution in [-0.4, -0.2) is 42.4 Å². The molecule has 7 nitrogen and oxygen atoms in total. The van der Waals surface area contributed by atoms with Crippen LogP contribution in [0, 0.1) is 6.92 Å². The topological polar surface area (TPSA) is 96.5 Å². The first-order valence-electron chi connectivity index (χ1n) is 9.13. The molecule has 0 aliphatic carbocycles. The molecule has 1 unspecified atom stereocenters. The van der Waals surface area contributed by atoms with Gasteiger partial charge in [0.1, 0.15) is 11.8 Å². The highest BCUT2D eigenvalue weighted by Crippen LogP contribution is 2.08. The Kier molecular flexibility index (Phi) is 9.04. The van der Waals surface area contributed by atoms with Crippen LogP contribution in [0.4, 0.5) is 0 Å². The van der Waals surface area contributed by atoms with Gasteiger partial charge in [-0.3, -0.25) is 25.2 Å². The minimum absolute atomic E-state index is 0.206. The Balaban J connectivity index is 1.88. The molecular formula is C21H25N3O4S. The fraction of sp³-hybridized carbons (Fsp3) is 0.286. The maximum Gasteiger partial charge on any atom is 0.269 e. The first-order valence-corrected chi connectivity index (χ1v) is 10.5. The molecule has 8 heteroatoms. The summed E-state index contributed by atoms with van der Waals surface area (Å²) in [6.45, 7) is 1.60. The summed E-state index contributed by atoms with van der Waals surface area (Å²) in [6.07, 6.45) is 2.33. The zero-order valence-corrected chi connectivity index (χ0v) is 17.3. The highest BCUT2D eigenvalue weighted by molar-refractivity contribution is 7.98. The molecule has 29 heavy (non-hydrogen) atoms. The number of hydrogen-bond acceptors (Lipinski definition) is 5. The molecular weight excluding hydrogens is 390 g/mol. The van der Waals surface area contributed by atoms with Crippen molar-refractivity contribution >= 4 is 29.5 Å². The average Bonchev–Trinajstić information content (AvgIpc) is 2.74. The molecule has 154 valence electrons. The number of nitrogens with one attached hydrogen (secondary N) is 3. The zero-order chi connectivity index (χ0) is 21.1. The maximum atomic E-state index is 12.5. The van der Waals surface area contributed by atoms with Gasteiger partial charge in [0.05, 0.1) is 0 Å². The van der Waals surface area contributed by atoms with Gasteiger partial charge in [-0.2, -0.15) is 11.8 Å². The Hall–Kier alpha value is -3.00. The molecule has 0 heterocycles. The van der Waals surface area contributed by atoms with E-state index in [2.05, 4.69) is 16.2 Å². The predicted octanol–water partition coefficient (Wildman–Crippen LogP) is 2.07. The van der Waals surface area contributed by atoms with E-state index in [1.54, 1.807) is 48.2 Å². The summed E-state index contributed by atoms with van der Waals surface area (Å²) in [7, 11) is 0. The molecule has 0 aromatic heterocycles. The van der Waals surface area contributed by atoms with E-state index in [9.17, 15) is 14.4 Å². The third-order valence-corrected chi connectivity index (χ3v) is 4.71. The van der Waals surface area contributed by atoms with Crippen molar-refractivity contribution < 1.29 is 19.1 Å². The second kappa shape index (κ2) is 11.8. The normalized spacial score (nSPS) is 11.2. The van der Waals surface area contributed by atoms with Crippen molar-refractivity contribution in [2.45, 2.75) is 19.4 Å². The largest absolute Gasteiger partial charge is 0.484 e. The van der Waals surface area contributed by atoms with Crippen LogP contribution in [-0.2, 0) is 9.59 Å². The van der Waals surface area contributed by atoms with E-state index in [0.29, 0.717) is 23.5 Å². The molecule has 0 saturated heterocycles. The lowest BCUT2D eigenvalue weighted by atomic mass is 10.1. The summed E-state index contributed by atoms with van der Waals surface area (Å²) in [5.41, 5.74) is 6.06. The number of aryl methyl sites for hydroxylation is 1. The fourth-order valence-electron chi connectivity index (χ4n) is 2.51. The van der Waals surface area contributed by atoms with Crippen molar-refractivity contribution in [1.82, 2.24) is 16.2 Å². The van der Waals surface area contributed by atoms with Gasteiger partial charge < -0.3 is 10.1 Å². The zero-order valence-electron chi connectivity index (χ0n) is 16.4. The van der Waals surface area contributed by atoms with Crippen molar-refractivity contribution in [2.24, 2.45) is 0 Å². The highest BCUT2D eigenvalue weighted by Gasteiger charge is 2.21. The van der Waals surface area contributed by atoms with Gasteiger partial charge in [-0.05, 0) is 49.1 Å². The number of benzene rings is 2. The molecule has 0 aliphatic heterocycles. The number of carbonyl (C=O) groups excluding carboxylic acids is 3. The van der Waals surface area contributed by atoms with Gasteiger partial charge in [0.25, 0.3) is 17.7 Å². The molecule has 0 aliphatic rings. The van der Waals surface area contributed by atoms with Crippen molar-refractivity contribution in [3.63, 3.8) is 0 Å². The van der Waals surface area contributed by atoms with Gasteiger partial charge in [-0.15, -0.1) is 0 Å². The number of thioether (sulfide) groups is 1.